The highest BCUT2D eigenvalue weighted by atomic mass is 15.6. The van der Waals surface area contributed by atoms with Crippen molar-refractivity contribution >= 4 is 5.95 Å². The Kier molecular flexibility index (Phi) is 2.89. The average Bonchev–Trinajstić information content (AvgIpc) is 3.01. The van der Waals surface area contributed by atoms with Crippen LogP contribution in [0.4, 0.5) is 5.95 Å². The summed E-state index contributed by atoms with van der Waals surface area (Å²) in [4.78, 5) is 1.38. The Hall–Kier alpha value is -2.77. The van der Waals surface area contributed by atoms with Crippen molar-refractivity contribution in [3.8, 4) is 0 Å². The predicted octanol–water partition coefficient (Wildman–Crippen LogP) is -0.0566. The first-order valence-corrected chi connectivity index (χ1v) is 5.76. The summed E-state index contributed by atoms with van der Waals surface area (Å²) >= 11 is 0. The molecule has 3 rings (SSSR count). The van der Waals surface area contributed by atoms with E-state index in [2.05, 4.69) is 25.7 Å². The maximum absolute atomic E-state index is 5.39. The first-order valence-electron chi connectivity index (χ1n) is 5.76. The topological polar surface area (TPSA) is 100 Å². The zero-order valence-electron chi connectivity index (χ0n) is 10.1. The molecule has 96 valence electrons. The van der Waals surface area contributed by atoms with E-state index in [4.69, 9.17) is 5.73 Å². The van der Waals surface area contributed by atoms with Crippen LogP contribution < -0.4 is 5.73 Å². The van der Waals surface area contributed by atoms with E-state index < -0.39 is 0 Å². The number of hydrogen-bond donors (Lipinski definition) is 1. The molecular weight excluding hydrogens is 244 g/mol. The first-order chi connectivity index (χ1) is 9.29. The molecule has 0 radical (unpaired) electrons. The summed E-state index contributed by atoms with van der Waals surface area (Å²) in [6.45, 7) is 1.08. The molecular formula is C11H12N8. The van der Waals surface area contributed by atoms with Crippen molar-refractivity contribution in [1.82, 2.24) is 35.2 Å². The van der Waals surface area contributed by atoms with Gasteiger partial charge in [0.1, 0.15) is 12.2 Å². The second kappa shape index (κ2) is 4.84. The van der Waals surface area contributed by atoms with Gasteiger partial charge in [-0.3, -0.25) is 0 Å². The summed E-state index contributed by atoms with van der Waals surface area (Å²) in [5.41, 5.74) is 7.32. The zero-order valence-corrected chi connectivity index (χ0v) is 10.1. The summed E-state index contributed by atoms with van der Waals surface area (Å²) in [5, 5.41) is 19.4. The lowest BCUT2D eigenvalue weighted by molar-refractivity contribution is 0.563. The van der Waals surface area contributed by atoms with Gasteiger partial charge >= 0.3 is 0 Å². The minimum Gasteiger partial charge on any atom is -0.365 e. The summed E-state index contributed by atoms with van der Waals surface area (Å²) < 4.78 is 1.77. The Morgan fingerprint density at radius 1 is 1.00 bits per heavy atom. The first kappa shape index (κ1) is 11.3. The number of rotatable bonds is 4. The van der Waals surface area contributed by atoms with Crippen LogP contribution in [0.5, 0.6) is 0 Å². The van der Waals surface area contributed by atoms with Gasteiger partial charge in [-0.1, -0.05) is 40.6 Å². The maximum Gasteiger partial charge on any atom is 0.260 e. The number of hydrogen-bond acceptors (Lipinski definition) is 6. The van der Waals surface area contributed by atoms with Gasteiger partial charge in [0.25, 0.3) is 5.95 Å². The van der Waals surface area contributed by atoms with Crippen LogP contribution in [0, 0.1) is 0 Å². The molecule has 0 aliphatic carbocycles. The smallest absolute Gasteiger partial charge is 0.260 e. The Bertz CT molecular complexity index is 656. The van der Waals surface area contributed by atoms with Crippen molar-refractivity contribution in [2.45, 2.75) is 13.1 Å². The highest BCUT2D eigenvalue weighted by molar-refractivity contribution is 5.15. The second-order valence-corrected chi connectivity index (χ2v) is 4.07. The summed E-state index contributed by atoms with van der Waals surface area (Å²) in [7, 11) is 0. The Morgan fingerprint density at radius 3 is 2.58 bits per heavy atom. The number of benzene rings is 1. The normalized spacial score (nSPS) is 10.7. The fourth-order valence-corrected chi connectivity index (χ4v) is 1.73. The molecule has 0 unspecified atom stereocenters. The lowest BCUT2D eigenvalue weighted by Gasteiger charge is -1.99. The van der Waals surface area contributed by atoms with Crippen LogP contribution in [-0.2, 0) is 13.1 Å². The lowest BCUT2D eigenvalue weighted by Crippen LogP contribution is -2.04. The molecule has 8 heteroatoms. The molecule has 0 spiro atoms. The molecule has 0 atom stereocenters. The molecule has 0 saturated heterocycles. The second-order valence-electron chi connectivity index (χ2n) is 4.07. The molecule has 2 N–H and O–H groups in total. The fourth-order valence-electron chi connectivity index (χ4n) is 1.73. The molecule has 0 saturated carbocycles. The van der Waals surface area contributed by atoms with E-state index in [0.29, 0.717) is 13.1 Å². The molecule has 8 nitrogen and oxygen atoms in total. The van der Waals surface area contributed by atoms with E-state index in [0.717, 1.165) is 5.69 Å². The van der Waals surface area contributed by atoms with Crippen LogP contribution >= 0.6 is 0 Å². The molecule has 2 aromatic heterocycles. The predicted molar refractivity (Wildman–Crippen MR) is 66.9 cm³/mol. The molecule has 3 aromatic rings. The van der Waals surface area contributed by atoms with Crippen LogP contribution in [-0.4, -0.2) is 35.2 Å². The minimum absolute atomic E-state index is 0.150. The summed E-state index contributed by atoms with van der Waals surface area (Å²) in [6.07, 6.45) is 1.85. The van der Waals surface area contributed by atoms with Crippen LogP contribution in [0.25, 0.3) is 0 Å². The van der Waals surface area contributed by atoms with Crippen molar-refractivity contribution in [3.63, 3.8) is 0 Å². The van der Waals surface area contributed by atoms with Crippen LogP contribution in [0.1, 0.15) is 11.3 Å². The van der Waals surface area contributed by atoms with E-state index in [9.17, 15) is 0 Å². The number of nitrogens with two attached hydrogens (primary N) is 1. The molecule has 19 heavy (non-hydrogen) atoms. The molecule has 0 aliphatic rings. The quantitative estimate of drug-likeness (QED) is 0.702. The van der Waals surface area contributed by atoms with Gasteiger partial charge in [0.2, 0.25) is 0 Å². The summed E-state index contributed by atoms with van der Waals surface area (Å²) in [5.74, 6) is 0.150. The number of nitrogen functional groups attached to an aromatic ring is 1. The third-order valence-corrected chi connectivity index (χ3v) is 2.55. The fraction of sp³-hybridized carbons (Fsp3) is 0.182. The van der Waals surface area contributed by atoms with Gasteiger partial charge in [0, 0.05) is 0 Å². The number of anilines is 1. The Balaban J connectivity index is 1.69. The van der Waals surface area contributed by atoms with Crippen LogP contribution in [0.15, 0.2) is 36.5 Å². The Morgan fingerprint density at radius 2 is 1.84 bits per heavy atom. The van der Waals surface area contributed by atoms with Gasteiger partial charge in [-0.2, -0.15) is 4.80 Å². The van der Waals surface area contributed by atoms with Gasteiger partial charge in [-0.25, -0.2) is 4.68 Å². The molecule has 2 heterocycles. The molecule has 0 amide bonds. The number of tetrazole rings is 1. The monoisotopic (exact) mass is 256 g/mol. The molecule has 0 fully saturated rings. The largest absolute Gasteiger partial charge is 0.365 e. The zero-order chi connectivity index (χ0) is 13.1. The van der Waals surface area contributed by atoms with Gasteiger partial charge in [0.15, 0.2) is 0 Å². The van der Waals surface area contributed by atoms with Crippen molar-refractivity contribution in [3.05, 3.63) is 47.8 Å². The van der Waals surface area contributed by atoms with Crippen molar-refractivity contribution < 1.29 is 0 Å². The minimum atomic E-state index is 0.150. The SMILES string of the molecule is Nc1nnn(Cc2cn(Cc3ccccc3)nn2)n1. The molecule has 0 bridgehead atoms. The van der Waals surface area contributed by atoms with E-state index in [-0.39, 0.29) is 5.95 Å². The third-order valence-electron chi connectivity index (χ3n) is 2.55. The van der Waals surface area contributed by atoms with Crippen LogP contribution in [0.3, 0.4) is 0 Å². The van der Waals surface area contributed by atoms with Crippen molar-refractivity contribution in [1.29, 1.82) is 0 Å². The van der Waals surface area contributed by atoms with Crippen molar-refractivity contribution in [2.75, 3.05) is 5.73 Å². The van der Waals surface area contributed by atoms with Crippen molar-refractivity contribution in [2.24, 2.45) is 0 Å². The standard InChI is InChI=1S/C11H12N8/c12-11-14-17-19(15-11)8-10-7-18(16-13-10)6-9-4-2-1-3-5-9/h1-5,7H,6,8H2,(H2,12,15). The van der Waals surface area contributed by atoms with Gasteiger partial charge in [-0.05, 0) is 10.8 Å². The lowest BCUT2D eigenvalue weighted by atomic mass is 10.2. The van der Waals surface area contributed by atoms with Crippen LogP contribution in [0.2, 0.25) is 0 Å². The van der Waals surface area contributed by atoms with Gasteiger partial charge in [0.05, 0.1) is 12.7 Å². The van der Waals surface area contributed by atoms with E-state index >= 15 is 0 Å². The van der Waals surface area contributed by atoms with Gasteiger partial charge in [-0.15, -0.1) is 10.2 Å². The van der Waals surface area contributed by atoms with Gasteiger partial charge < -0.3 is 5.73 Å². The Labute approximate surface area is 108 Å². The summed E-state index contributed by atoms with van der Waals surface area (Å²) in [6, 6.07) is 10.1. The van der Waals surface area contributed by atoms with E-state index in [1.807, 2.05) is 36.5 Å². The number of aromatic nitrogens is 7. The molecule has 0 aliphatic heterocycles. The molecule has 1 aromatic carbocycles. The highest BCUT2D eigenvalue weighted by Gasteiger charge is 2.05. The highest BCUT2D eigenvalue weighted by Crippen LogP contribution is 2.02. The van der Waals surface area contributed by atoms with E-state index in [1.165, 1.54) is 10.4 Å². The third kappa shape index (κ3) is 2.73. The van der Waals surface area contributed by atoms with E-state index in [1.54, 1.807) is 4.68 Å². The number of nitrogens with zero attached hydrogens (tertiary/aromatic N) is 7. The maximum atomic E-state index is 5.39. The average molecular weight is 256 g/mol.